The molecular weight excluding hydrogens is 318 g/mol. The molecule has 4 heterocycles. The summed E-state index contributed by atoms with van der Waals surface area (Å²) in [5.41, 5.74) is 2.93. The minimum atomic E-state index is -0.628. The van der Waals surface area contributed by atoms with Crippen LogP contribution in [-0.4, -0.2) is 25.2 Å². The summed E-state index contributed by atoms with van der Waals surface area (Å²) in [4.78, 5) is 25.4. The molecule has 0 aliphatic carbocycles. The Balaban J connectivity index is 1.68. The fourth-order valence-corrected chi connectivity index (χ4v) is 2.66. The average Bonchev–Trinajstić information content (AvgIpc) is 3.27. The molecule has 0 amide bonds. The molecule has 0 saturated carbocycles. The number of benzene rings is 1. The molecular formula is C13H9N7O4. The minimum Gasteiger partial charge on any atom is -0.401 e. The van der Waals surface area contributed by atoms with Gasteiger partial charge in [0.15, 0.2) is 22.9 Å². The fraction of sp³-hybridized carbons (Fsp3) is 0.0769. The number of fused-ring (bicyclic) bond motifs is 2. The number of hydrogen-bond acceptors (Lipinski definition) is 6. The van der Waals surface area contributed by atoms with Gasteiger partial charge in [0, 0.05) is 0 Å². The molecule has 3 aliphatic heterocycles. The van der Waals surface area contributed by atoms with Crippen LogP contribution in [0.15, 0.2) is 43.3 Å². The molecule has 11 nitrogen and oxygen atoms in total. The van der Waals surface area contributed by atoms with E-state index in [1.165, 1.54) is 12.1 Å². The lowest BCUT2D eigenvalue weighted by Crippen LogP contribution is -2.21. The molecule has 0 radical (unpaired) electrons. The number of aromatic amines is 4. The normalized spacial score (nSPS) is 13.8. The Hall–Kier alpha value is -3.76. The number of H-pyrrole nitrogens is 4. The van der Waals surface area contributed by atoms with Crippen molar-refractivity contribution >= 4 is 16.9 Å². The van der Waals surface area contributed by atoms with E-state index in [-0.39, 0.29) is 5.88 Å². The first-order valence-electron chi connectivity index (χ1n) is 6.97. The molecule has 0 spiro atoms. The van der Waals surface area contributed by atoms with Gasteiger partial charge in [-0.3, -0.25) is 14.7 Å². The topological polar surface area (TPSA) is 157 Å². The highest BCUT2D eigenvalue weighted by Crippen LogP contribution is 2.25. The van der Waals surface area contributed by atoms with Crippen molar-refractivity contribution in [1.29, 1.82) is 0 Å². The summed E-state index contributed by atoms with van der Waals surface area (Å²) in [5.74, 6) is 0.000834. The Morgan fingerprint density at radius 1 is 1.04 bits per heavy atom. The molecule has 0 fully saturated rings. The van der Waals surface area contributed by atoms with Crippen LogP contribution in [0.5, 0.6) is 0 Å². The summed E-state index contributed by atoms with van der Waals surface area (Å²) in [5, 5.41) is 17.4. The van der Waals surface area contributed by atoms with Crippen LogP contribution >= 0.6 is 0 Å². The summed E-state index contributed by atoms with van der Waals surface area (Å²) in [6.45, 7) is 0. The predicted octanol–water partition coefficient (Wildman–Crippen LogP) is 1.05. The van der Waals surface area contributed by atoms with Gasteiger partial charge in [0.2, 0.25) is 0 Å². The number of rotatable bonds is 2. The maximum atomic E-state index is 10.7. The van der Waals surface area contributed by atoms with E-state index in [0.717, 1.165) is 11.0 Å². The van der Waals surface area contributed by atoms with Crippen molar-refractivity contribution in [2.75, 3.05) is 0 Å². The molecule has 5 rings (SSSR count). The summed E-state index contributed by atoms with van der Waals surface area (Å²) >= 11 is 0. The summed E-state index contributed by atoms with van der Waals surface area (Å²) in [6, 6.07) is 6.48. The first-order chi connectivity index (χ1) is 11.7. The summed E-state index contributed by atoms with van der Waals surface area (Å²) in [7, 11) is 0. The average molecular weight is 327 g/mol. The second-order valence-electron chi connectivity index (χ2n) is 5.26. The van der Waals surface area contributed by atoms with Crippen molar-refractivity contribution < 1.29 is 14.0 Å². The third kappa shape index (κ3) is 1.78. The van der Waals surface area contributed by atoms with Gasteiger partial charge in [-0.15, -0.1) is 0 Å². The molecule has 1 aromatic heterocycles. The number of aromatic nitrogens is 4. The Kier molecular flexibility index (Phi) is 2.33. The van der Waals surface area contributed by atoms with E-state index >= 15 is 0 Å². The van der Waals surface area contributed by atoms with Crippen LogP contribution in [-0.2, 0) is 0 Å². The predicted molar refractivity (Wildman–Crippen MR) is 77.0 cm³/mol. The Morgan fingerprint density at radius 3 is 2.21 bits per heavy atom. The van der Waals surface area contributed by atoms with Gasteiger partial charge in [0.25, 0.3) is 0 Å². The standard InChI is InChI=1S/C13H9N7O4/c21-20(22)10-2-1-9(23-10)11-14-5-3-7-8(4-6(5)15-11)17-13-12(16-7)18-24-19-13/h1-4,11,16-19H. The highest BCUT2D eigenvalue weighted by molar-refractivity contribution is 5.73. The van der Waals surface area contributed by atoms with E-state index in [1.54, 1.807) is 0 Å². The summed E-state index contributed by atoms with van der Waals surface area (Å²) < 4.78 is 10.1. The van der Waals surface area contributed by atoms with Gasteiger partial charge in [-0.25, -0.2) is 9.98 Å². The monoisotopic (exact) mass is 327 g/mol. The number of furan rings is 1. The molecule has 1 aromatic carbocycles. The van der Waals surface area contributed by atoms with Crippen LogP contribution in [0.4, 0.5) is 5.88 Å². The van der Waals surface area contributed by atoms with Crippen LogP contribution < -0.4 is 10.7 Å². The van der Waals surface area contributed by atoms with Gasteiger partial charge in [0.1, 0.15) is 4.92 Å². The third-order valence-corrected chi connectivity index (χ3v) is 3.76. The van der Waals surface area contributed by atoms with Crippen LogP contribution in [0.25, 0.3) is 11.0 Å². The van der Waals surface area contributed by atoms with E-state index in [9.17, 15) is 10.1 Å². The van der Waals surface area contributed by atoms with Gasteiger partial charge in [0.05, 0.1) is 27.8 Å². The van der Waals surface area contributed by atoms with Crippen molar-refractivity contribution in [3.63, 3.8) is 0 Å². The van der Waals surface area contributed by atoms with E-state index in [2.05, 4.69) is 30.3 Å². The van der Waals surface area contributed by atoms with E-state index in [4.69, 9.17) is 9.05 Å². The largest absolute Gasteiger partial charge is 0.433 e. The number of nitro groups is 1. The second-order valence-corrected chi connectivity index (χ2v) is 5.26. The van der Waals surface area contributed by atoms with Gasteiger partial charge in [-0.05, 0) is 18.2 Å². The van der Waals surface area contributed by atoms with Crippen molar-refractivity contribution in [2.24, 2.45) is 9.98 Å². The van der Waals surface area contributed by atoms with Gasteiger partial charge < -0.3 is 14.4 Å². The van der Waals surface area contributed by atoms with Crippen LogP contribution in [0.2, 0.25) is 0 Å². The Bertz CT molecular complexity index is 1240. The van der Waals surface area contributed by atoms with E-state index in [0.29, 0.717) is 27.4 Å². The molecule has 0 atom stereocenters. The number of nitrogens with zero attached hydrogens (tertiary/aromatic N) is 3. The lowest BCUT2D eigenvalue weighted by molar-refractivity contribution is -0.402. The third-order valence-electron chi connectivity index (χ3n) is 3.76. The Labute approximate surface area is 130 Å². The zero-order valence-electron chi connectivity index (χ0n) is 11.9. The van der Waals surface area contributed by atoms with Crippen molar-refractivity contribution in [3.8, 4) is 0 Å². The molecule has 120 valence electrons. The fourth-order valence-electron chi connectivity index (χ4n) is 2.66. The lowest BCUT2D eigenvalue weighted by Gasteiger charge is -1.96. The van der Waals surface area contributed by atoms with Crippen molar-refractivity contribution in [1.82, 2.24) is 20.3 Å². The highest BCUT2D eigenvalue weighted by Gasteiger charge is 2.21. The van der Waals surface area contributed by atoms with Gasteiger partial charge in [-0.1, -0.05) is 0 Å². The molecule has 3 aliphatic rings. The van der Waals surface area contributed by atoms with Crippen molar-refractivity contribution in [3.05, 3.63) is 61.8 Å². The maximum Gasteiger partial charge on any atom is 0.433 e. The molecule has 4 N–H and O–H groups in total. The minimum absolute atomic E-state index is 0.327. The lowest BCUT2D eigenvalue weighted by atomic mass is 10.3. The highest BCUT2D eigenvalue weighted by atomic mass is 16.6. The maximum absolute atomic E-state index is 10.7. The molecule has 0 bridgehead atoms. The molecule has 0 unspecified atom stereocenters. The molecule has 2 aromatic rings. The Morgan fingerprint density at radius 2 is 1.67 bits per heavy atom. The van der Waals surface area contributed by atoms with E-state index in [1.807, 2.05) is 12.1 Å². The summed E-state index contributed by atoms with van der Waals surface area (Å²) in [6.07, 6.45) is -0.628. The molecule has 24 heavy (non-hydrogen) atoms. The van der Waals surface area contributed by atoms with Gasteiger partial charge >= 0.3 is 5.88 Å². The van der Waals surface area contributed by atoms with Crippen LogP contribution in [0.1, 0.15) is 11.9 Å². The van der Waals surface area contributed by atoms with Gasteiger partial charge in [-0.2, -0.15) is 10.3 Å². The molecule has 0 saturated heterocycles. The van der Waals surface area contributed by atoms with Crippen LogP contribution in [0.3, 0.4) is 0 Å². The first-order valence-corrected chi connectivity index (χ1v) is 6.97. The quantitative estimate of drug-likeness (QED) is 0.320. The smallest absolute Gasteiger partial charge is 0.401 e. The van der Waals surface area contributed by atoms with Crippen molar-refractivity contribution in [2.45, 2.75) is 6.17 Å². The second kappa shape index (κ2) is 4.38. The zero-order chi connectivity index (χ0) is 16.3. The first kappa shape index (κ1) is 12.8. The SMILES string of the molecule is O=[N+]([O-])c1ccc(C2N=c3cc4[nH]c5[nH]o[nH]c=5[nH]c4cc3=N2)o1. The molecule has 11 heteroatoms. The number of nitrogens with one attached hydrogen (secondary N) is 4. The van der Waals surface area contributed by atoms with E-state index < -0.39 is 11.1 Å². The van der Waals surface area contributed by atoms with Crippen LogP contribution in [0, 0.1) is 21.1 Å². The zero-order valence-corrected chi connectivity index (χ0v) is 11.9. The number of hydrogen-bond donors (Lipinski definition) is 4.